The summed E-state index contributed by atoms with van der Waals surface area (Å²) in [5.41, 5.74) is 3.18. The van der Waals surface area contributed by atoms with Gasteiger partial charge in [-0.1, -0.05) is 44.0 Å². The van der Waals surface area contributed by atoms with Gasteiger partial charge in [-0.25, -0.2) is 4.99 Å². The number of phenolic OH excluding ortho intramolecular Hbond substituents is 1. The third-order valence-corrected chi connectivity index (χ3v) is 6.76. The Hall–Kier alpha value is -1.44. The van der Waals surface area contributed by atoms with Crippen LogP contribution in [0, 0.1) is 0 Å². The first-order valence-corrected chi connectivity index (χ1v) is 9.86. The van der Waals surface area contributed by atoms with Crippen molar-refractivity contribution in [3.63, 3.8) is 0 Å². The maximum absolute atomic E-state index is 10.9. The zero-order valence-electron chi connectivity index (χ0n) is 13.2. The second kappa shape index (κ2) is 5.28. The summed E-state index contributed by atoms with van der Waals surface area (Å²) in [6.07, 6.45) is 7.06. The molecule has 4 aliphatic rings. The molecule has 0 amide bonds. The minimum atomic E-state index is -0.679. The number of halogens is 2. The Morgan fingerprint density at radius 2 is 2.04 bits per heavy atom. The number of aliphatic hydroxyl groups is 1. The highest BCUT2D eigenvalue weighted by molar-refractivity contribution is 9.12. The lowest BCUT2D eigenvalue weighted by molar-refractivity contribution is -0.501. The number of anilines is 1. The number of nitrogens with one attached hydrogen (secondary N) is 2. The molecule has 7 heteroatoms. The predicted molar refractivity (Wildman–Crippen MR) is 103 cm³/mol. The molecular formula is C18H16Br2N3O2+. The van der Waals surface area contributed by atoms with E-state index in [1.807, 2.05) is 6.21 Å². The fourth-order valence-electron chi connectivity index (χ4n) is 4.33. The topological polar surface area (TPSA) is 78.8 Å². The van der Waals surface area contributed by atoms with Gasteiger partial charge in [0.2, 0.25) is 5.36 Å². The molecule has 0 fully saturated rings. The van der Waals surface area contributed by atoms with E-state index >= 15 is 0 Å². The number of aliphatic imine (C=N–C) groups is 1. The minimum Gasteiger partial charge on any atom is -0.504 e. The van der Waals surface area contributed by atoms with E-state index in [-0.39, 0.29) is 5.75 Å². The molecule has 1 aromatic carbocycles. The van der Waals surface area contributed by atoms with Crippen molar-refractivity contribution in [1.82, 2.24) is 0 Å². The first-order chi connectivity index (χ1) is 12.0. The summed E-state index contributed by atoms with van der Waals surface area (Å²) in [6, 6.07) is 0. The quantitative estimate of drug-likeness (QED) is 0.417. The number of fused-ring (bicyclic) bond motifs is 3. The molecule has 0 bridgehead atoms. The molecule has 0 saturated carbocycles. The van der Waals surface area contributed by atoms with Gasteiger partial charge in [-0.3, -0.25) is 4.99 Å². The van der Waals surface area contributed by atoms with Gasteiger partial charge in [0.1, 0.15) is 18.3 Å². The summed E-state index contributed by atoms with van der Waals surface area (Å²) in [5.74, 6) is 0.211. The number of rotatable bonds is 0. The molecule has 0 atom stereocenters. The number of aliphatic hydroxyl groups excluding tert-OH is 1. The Labute approximate surface area is 160 Å². The smallest absolute Gasteiger partial charge is 0.214 e. The van der Waals surface area contributed by atoms with E-state index in [2.05, 4.69) is 59.3 Å². The molecule has 1 aromatic rings. The monoisotopic (exact) mass is 464 g/mol. The molecule has 5 nitrogen and oxygen atoms in total. The summed E-state index contributed by atoms with van der Waals surface area (Å²) in [7, 11) is 0. The molecule has 3 heterocycles. The van der Waals surface area contributed by atoms with Gasteiger partial charge >= 0.3 is 0 Å². The van der Waals surface area contributed by atoms with Crippen molar-refractivity contribution in [3.8, 4) is 5.75 Å². The number of hydrogen-bond donors (Lipinski definition) is 4. The Morgan fingerprint density at radius 1 is 1.28 bits per heavy atom. The Balaban J connectivity index is 1.93. The number of nitrogens with zero attached hydrogens (tertiary/aromatic N) is 1. The average Bonchev–Trinajstić information content (AvgIpc) is 3.03. The van der Waals surface area contributed by atoms with Gasteiger partial charge in [-0.2, -0.15) is 0 Å². The summed E-state index contributed by atoms with van der Waals surface area (Å²) < 4.78 is 1.47. The lowest BCUT2D eigenvalue weighted by Gasteiger charge is -2.38. The van der Waals surface area contributed by atoms with Gasteiger partial charge in [0.15, 0.2) is 5.75 Å². The van der Waals surface area contributed by atoms with Gasteiger partial charge in [0.25, 0.3) is 0 Å². The van der Waals surface area contributed by atoms with E-state index < -0.39 is 11.5 Å². The molecule has 5 rings (SSSR count). The van der Waals surface area contributed by atoms with Gasteiger partial charge in [0.05, 0.1) is 16.5 Å². The molecule has 0 aromatic heterocycles. The molecular weight excluding hydrogens is 450 g/mol. The van der Waals surface area contributed by atoms with Crippen LogP contribution in [0.25, 0.3) is 5.57 Å². The highest BCUT2D eigenvalue weighted by Gasteiger charge is 2.43. The third kappa shape index (κ3) is 2.03. The normalized spacial score (nSPS) is 28.8. The Kier molecular flexibility index (Phi) is 3.34. The second-order valence-corrected chi connectivity index (χ2v) is 8.67. The zero-order chi connectivity index (χ0) is 17.3. The van der Waals surface area contributed by atoms with Crippen molar-refractivity contribution in [2.24, 2.45) is 4.99 Å². The van der Waals surface area contributed by atoms with Crippen LogP contribution in [0.15, 0.2) is 26.1 Å². The second-order valence-electron chi connectivity index (χ2n) is 6.84. The number of phenols is 1. The first kappa shape index (κ1) is 15.8. The fraction of sp³-hybridized carbons (Fsp3) is 0.333. The highest BCUT2D eigenvalue weighted by atomic mass is 79.9. The standard InChI is InChI=1S/C18H15Br2N3O2/c19-9-5-18(6-10(20)16(9)24)2-4-22-15-12(18)13-11-8(1-3-21-13)7-23-14(11)17(15)25/h5-7,16,22,24-25H,1-4H2/p+1. The average molecular weight is 466 g/mol. The van der Waals surface area contributed by atoms with E-state index in [0.717, 1.165) is 56.7 Å². The molecule has 4 N–H and O–H groups in total. The molecule has 0 unspecified atom stereocenters. The van der Waals surface area contributed by atoms with Gasteiger partial charge in [0, 0.05) is 33.6 Å². The van der Waals surface area contributed by atoms with Crippen molar-refractivity contribution >= 4 is 55.0 Å². The molecule has 1 spiro atoms. The van der Waals surface area contributed by atoms with Gasteiger partial charge in [-0.15, -0.1) is 0 Å². The van der Waals surface area contributed by atoms with Crippen molar-refractivity contribution in [2.75, 3.05) is 18.4 Å². The Bertz CT molecular complexity index is 1020. The summed E-state index contributed by atoms with van der Waals surface area (Å²) in [5, 5.41) is 26.6. The van der Waals surface area contributed by atoms with Gasteiger partial charge < -0.3 is 15.5 Å². The lowest BCUT2D eigenvalue weighted by atomic mass is 9.71. The van der Waals surface area contributed by atoms with E-state index in [1.165, 1.54) is 5.57 Å². The van der Waals surface area contributed by atoms with E-state index in [1.54, 1.807) is 0 Å². The largest absolute Gasteiger partial charge is 0.504 e. The van der Waals surface area contributed by atoms with Crippen LogP contribution in [0.2, 0.25) is 0 Å². The molecule has 3 aliphatic heterocycles. The number of hydrogen-bond acceptors (Lipinski definition) is 4. The maximum Gasteiger partial charge on any atom is 0.214 e. The van der Waals surface area contributed by atoms with Crippen LogP contribution in [0.3, 0.4) is 0 Å². The first-order valence-electron chi connectivity index (χ1n) is 8.28. The highest BCUT2D eigenvalue weighted by Crippen LogP contribution is 2.48. The molecule has 128 valence electrons. The summed E-state index contributed by atoms with van der Waals surface area (Å²) in [6.45, 7) is 1.57. The maximum atomic E-state index is 10.9. The SMILES string of the molecule is Oc1c2c(c3c4c1N=CC=4CC[NH+]=3)C1(C=C(Br)C(O)C(Br)=C1)CCN2. The van der Waals surface area contributed by atoms with Crippen LogP contribution in [0.1, 0.15) is 18.4 Å². The lowest BCUT2D eigenvalue weighted by Crippen LogP contribution is -2.83. The molecule has 0 saturated heterocycles. The summed E-state index contributed by atoms with van der Waals surface area (Å²) >= 11 is 7.03. The van der Waals surface area contributed by atoms with E-state index in [0.29, 0.717) is 5.69 Å². The Morgan fingerprint density at radius 3 is 2.80 bits per heavy atom. The zero-order valence-corrected chi connectivity index (χ0v) is 16.4. The van der Waals surface area contributed by atoms with E-state index in [4.69, 9.17) is 0 Å². The van der Waals surface area contributed by atoms with Gasteiger partial charge in [-0.05, 0) is 12.0 Å². The fourth-order valence-corrected chi connectivity index (χ4v) is 5.94. The number of benzene rings is 1. The molecule has 25 heavy (non-hydrogen) atoms. The third-order valence-electron chi connectivity index (χ3n) is 5.43. The van der Waals surface area contributed by atoms with E-state index in [9.17, 15) is 10.2 Å². The van der Waals surface area contributed by atoms with Crippen LogP contribution < -0.4 is 20.9 Å². The number of aromatic hydroxyl groups is 1. The van der Waals surface area contributed by atoms with Crippen LogP contribution in [0.4, 0.5) is 11.4 Å². The summed E-state index contributed by atoms with van der Waals surface area (Å²) in [4.78, 5) is 7.99. The van der Waals surface area contributed by atoms with Crippen LogP contribution in [0.5, 0.6) is 5.75 Å². The van der Waals surface area contributed by atoms with Crippen molar-refractivity contribution < 1.29 is 15.2 Å². The van der Waals surface area contributed by atoms with Crippen molar-refractivity contribution in [1.29, 1.82) is 0 Å². The van der Waals surface area contributed by atoms with Crippen LogP contribution in [-0.2, 0) is 5.41 Å². The van der Waals surface area contributed by atoms with Crippen LogP contribution >= 0.6 is 31.9 Å². The van der Waals surface area contributed by atoms with Crippen molar-refractivity contribution in [3.05, 3.63) is 37.3 Å². The minimum absolute atomic E-state index is 0.211. The number of allylic oxidation sites excluding steroid dienone is 2. The predicted octanol–water partition coefficient (Wildman–Crippen LogP) is 0.348. The molecule has 0 radical (unpaired) electrons. The van der Waals surface area contributed by atoms with Crippen molar-refractivity contribution in [2.45, 2.75) is 24.4 Å². The molecule has 1 aliphatic carbocycles. The van der Waals surface area contributed by atoms with Crippen LogP contribution in [-0.4, -0.2) is 35.6 Å².